The molecule has 12 heavy (non-hydrogen) atoms. The van der Waals surface area contributed by atoms with Gasteiger partial charge in [-0.25, -0.2) is 5.48 Å². The highest BCUT2D eigenvalue weighted by atomic mass is 19.1. The van der Waals surface area contributed by atoms with Crippen molar-refractivity contribution in [3.05, 3.63) is 11.5 Å². The second-order valence-corrected chi connectivity index (χ2v) is 3.37. The van der Waals surface area contributed by atoms with Crippen LogP contribution in [0.3, 0.4) is 0 Å². The topological polar surface area (TPSA) is 24.5 Å². The first kappa shape index (κ1) is 8.01. The fraction of sp³-hybridized carbons (Fsp3) is 0.750. The summed E-state index contributed by atoms with van der Waals surface area (Å²) in [6, 6.07) is 0. The lowest BCUT2D eigenvalue weighted by molar-refractivity contribution is 0.0946. The third-order valence-electron chi connectivity index (χ3n) is 2.63. The quantitative estimate of drug-likeness (QED) is 0.489. The molecule has 0 aliphatic carbocycles. The minimum Gasteiger partial charge on any atom is -0.299 e. The summed E-state index contributed by atoms with van der Waals surface area (Å²) in [4.78, 5) is 6.78. The van der Waals surface area contributed by atoms with Crippen molar-refractivity contribution in [3.8, 4) is 0 Å². The van der Waals surface area contributed by atoms with E-state index in [2.05, 4.69) is 15.2 Å². The fourth-order valence-electron chi connectivity index (χ4n) is 2.03. The Morgan fingerprint density at radius 3 is 3.08 bits per heavy atom. The fourth-order valence-corrected chi connectivity index (χ4v) is 2.03. The summed E-state index contributed by atoms with van der Waals surface area (Å²) in [5, 5.41) is 0. The molecule has 2 unspecified atom stereocenters. The van der Waals surface area contributed by atoms with Gasteiger partial charge in [-0.1, -0.05) is 0 Å². The molecule has 2 saturated heterocycles. The lowest BCUT2D eigenvalue weighted by Gasteiger charge is -2.15. The Bertz CT molecular complexity index is 217. The molecule has 0 aromatic rings. The smallest absolute Gasteiger partial charge is 0.211 e. The molecule has 1 N–H and O–H groups in total. The van der Waals surface area contributed by atoms with Gasteiger partial charge in [0.25, 0.3) is 0 Å². The van der Waals surface area contributed by atoms with Crippen LogP contribution in [-0.4, -0.2) is 31.6 Å². The van der Waals surface area contributed by atoms with E-state index < -0.39 is 0 Å². The van der Waals surface area contributed by atoms with E-state index >= 15 is 0 Å². The van der Waals surface area contributed by atoms with Crippen molar-refractivity contribution in [1.82, 2.24) is 10.4 Å². The maximum atomic E-state index is 13.2. The number of hydrogen-bond donors (Lipinski definition) is 1. The van der Waals surface area contributed by atoms with E-state index in [0.29, 0.717) is 5.92 Å². The zero-order valence-electron chi connectivity index (χ0n) is 7.14. The van der Waals surface area contributed by atoms with Crippen LogP contribution in [0.1, 0.15) is 6.42 Å². The number of hydrogen-bond acceptors (Lipinski definition) is 3. The van der Waals surface area contributed by atoms with Gasteiger partial charge in [0.2, 0.25) is 5.95 Å². The first-order chi connectivity index (χ1) is 5.81. The Labute approximate surface area is 71.1 Å². The Morgan fingerprint density at radius 2 is 2.58 bits per heavy atom. The van der Waals surface area contributed by atoms with E-state index in [1.807, 2.05) is 0 Å². The average Bonchev–Trinajstić information content (AvgIpc) is 2.64. The number of hydroxylamine groups is 1. The van der Waals surface area contributed by atoms with Crippen molar-refractivity contribution >= 4 is 0 Å². The lowest BCUT2D eigenvalue weighted by atomic mass is 10.0. The van der Waals surface area contributed by atoms with Crippen LogP contribution in [-0.2, 0) is 4.84 Å². The molecule has 2 fully saturated rings. The first-order valence-electron chi connectivity index (χ1n) is 4.21. The number of halogens is 1. The largest absolute Gasteiger partial charge is 0.299 e. The average molecular weight is 172 g/mol. The van der Waals surface area contributed by atoms with Crippen LogP contribution < -0.4 is 5.48 Å². The van der Waals surface area contributed by atoms with Crippen molar-refractivity contribution in [2.75, 3.05) is 26.7 Å². The molecule has 0 aromatic heterocycles. The molecule has 2 aliphatic rings. The van der Waals surface area contributed by atoms with Crippen LogP contribution in [0, 0.1) is 5.92 Å². The number of piperidine rings is 1. The predicted octanol–water partition coefficient (Wildman–Crippen LogP) is 0.654. The van der Waals surface area contributed by atoms with Gasteiger partial charge in [-0.3, -0.25) is 9.74 Å². The third kappa shape index (κ3) is 1.21. The lowest BCUT2D eigenvalue weighted by Crippen LogP contribution is -2.21. The van der Waals surface area contributed by atoms with Gasteiger partial charge in [0, 0.05) is 18.7 Å². The van der Waals surface area contributed by atoms with Crippen LogP contribution in [0.15, 0.2) is 11.5 Å². The highest BCUT2D eigenvalue weighted by molar-refractivity contribution is 5.20. The Morgan fingerprint density at radius 1 is 1.75 bits per heavy atom. The maximum absolute atomic E-state index is 13.2. The molecule has 68 valence electrons. The third-order valence-corrected chi connectivity index (χ3v) is 2.63. The SMILES string of the molecule is CONC(F)=C1CN2CCC1C2. The van der Waals surface area contributed by atoms with E-state index in [9.17, 15) is 4.39 Å². The predicted molar refractivity (Wildman–Crippen MR) is 42.8 cm³/mol. The number of rotatable bonds is 2. The molecule has 2 rings (SSSR count). The van der Waals surface area contributed by atoms with Gasteiger partial charge in [0.1, 0.15) is 0 Å². The monoisotopic (exact) mass is 172 g/mol. The van der Waals surface area contributed by atoms with E-state index in [-0.39, 0.29) is 5.95 Å². The molecule has 0 aromatic carbocycles. The number of nitrogens with one attached hydrogen (secondary N) is 1. The Kier molecular flexibility index (Phi) is 2.02. The van der Waals surface area contributed by atoms with Crippen LogP contribution in [0.25, 0.3) is 0 Å². The molecule has 0 amide bonds. The standard InChI is InChI=1S/C8H13FN2O/c1-12-10-8(9)7-5-11-3-2-6(7)4-11/h6,10H,2-5H2,1H3. The van der Waals surface area contributed by atoms with Gasteiger partial charge in [-0.05, 0) is 18.9 Å². The molecule has 0 radical (unpaired) electrons. The van der Waals surface area contributed by atoms with E-state index in [1.165, 1.54) is 7.11 Å². The van der Waals surface area contributed by atoms with Crippen LogP contribution in [0.2, 0.25) is 0 Å². The second-order valence-electron chi connectivity index (χ2n) is 3.37. The van der Waals surface area contributed by atoms with Crippen LogP contribution >= 0.6 is 0 Å². The van der Waals surface area contributed by atoms with Crippen molar-refractivity contribution < 1.29 is 9.23 Å². The van der Waals surface area contributed by atoms with Crippen molar-refractivity contribution in [3.63, 3.8) is 0 Å². The summed E-state index contributed by atoms with van der Waals surface area (Å²) in [6.45, 7) is 2.91. The van der Waals surface area contributed by atoms with Crippen molar-refractivity contribution in [2.24, 2.45) is 5.92 Å². The summed E-state index contributed by atoms with van der Waals surface area (Å²) < 4.78 is 13.2. The minimum atomic E-state index is -0.287. The van der Waals surface area contributed by atoms with Gasteiger partial charge in [0.05, 0.1) is 7.11 Å². The Balaban J connectivity index is 2.09. The molecular formula is C8H13FN2O. The zero-order chi connectivity index (χ0) is 8.55. The second kappa shape index (κ2) is 3.03. The van der Waals surface area contributed by atoms with Gasteiger partial charge in [-0.15, -0.1) is 0 Å². The highest BCUT2D eigenvalue weighted by Crippen LogP contribution is 2.33. The van der Waals surface area contributed by atoms with Gasteiger partial charge >= 0.3 is 0 Å². The highest BCUT2D eigenvalue weighted by Gasteiger charge is 2.35. The maximum Gasteiger partial charge on any atom is 0.211 e. The van der Waals surface area contributed by atoms with Gasteiger partial charge in [-0.2, -0.15) is 4.39 Å². The van der Waals surface area contributed by atoms with E-state index in [1.54, 1.807) is 0 Å². The summed E-state index contributed by atoms with van der Waals surface area (Å²) in [7, 11) is 1.42. The van der Waals surface area contributed by atoms with Gasteiger partial charge < -0.3 is 0 Å². The Hall–Kier alpha value is -0.610. The van der Waals surface area contributed by atoms with Crippen molar-refractivity contribution in [2.45, 2.75) is 6.42 Å². The zero-order valence-corrected chi connectivity index (χ0v) is 7.14. The molecule has 2 aliphatic heterocycles. The summed E-state index contributed by atoms with van der Waals surface area (Å²) in [6.07, 6.45) is 1.09. The minimum absolute atomic E-state index is 0.287. The molecule has 2 bridgehead atoms. The van der Waals surface area contributed by atoms with Crippen LogP contribution in [0.5, 0.6) is 0 Å². The molecule has 3 nitrogen and oxygen atoms in total. The van der Waals surface area contributed by atoms with Gasteiger partial charge in [0.15, 0.2) is 0 Å². The molecule has 2 heterocycles. The molecule has 2 atom stereocenters. The number of nitrogens with zero attached hydrogens (tertiary/aromatic N) is 1. The molecular weight excluding hydrogens is 159 g/mol. The normalized spacial score (nSPS) is 37.2. The van der Waals surface area contributed by atoms with Crippen LogP contribution in [0.4, 0.5) is 4.39 Å². The first-order valence-corrected chi connectivity index (χ1v) is 4.21. The molecule has 0 saturated carbocycles. The number of fused-ring (bicyclic) bond motifs is 2. The van der Waals surface area contributed by atoms with E-state index in [0.717, 1.165) is 31.6 Å². The summed E-state index contributed by atoms with van der Waals surface area (Å²) in [5.41, 5.74) is 3.14. The van der Waals surface area contributed by atoms with E-state index in [4.69, 9.17) is 0 Å². The van der Waals surface area contributed by atoms with Crippen molar-refractivity contribution in [1.29, 1.82) is 0 Å². The molecule has 4 heteroatoms. The molecule has 0 spiro atoms. The summed E-state index contributed by atoms with van der Waals surface area (Å²) >= 11 is 0. The summed E-state index contributed by atoms with van der Waals surface area (Å²) in [5.74, 6) is 0.136.